The number of rotatable bonds is 5. The van der Waals surface area contributed by atoms with Gasteiger partial charge in [0, 0.05) is 58.5 Å². The van der Waals surface area contributed by atoms with E-state index in [9.17, 15) is 14.7 Å². The van der Waals surface area contributed by atoms with Gasteiger partial charge in [-0.2, -0.15) is 11.8 Å². The molecule has 2 heterocycles. The number of nitrogens with zero attached hydrogens (tertiary/aromatic N) is 1. The number of amides is 1. The van der Waals surface area contributed by atoms with Crippen molar-refractivity contribution in [2.45, 2.75) is 6.04 Å². The first-order chi connectivity index (χ1) is 13.6. The summed E-state index contributed by atoms with van der Waals surface area (Å²) in [5, 5.41) is 13.6. The zero-order valence-corrected chi connectivity index (χ0v) is 16.0. The molecule has 0 unspecified atom stereocenters. The number of anilines is 1. The third kappa shape index (κ3) is 3.76. The molecule has 3 aromatic rings. The molecular weight excluding hydrogens is 374 g/mol. The number of aromatic amines is 1. The predicted molar refractivity (Wildman–Crippen MR) is 112 cm³/mol. The summed E-state index contributed by atoms with van der Waals surface area (Å²) in [7, 11) is 0. The molecular formula is C21H21N3O3S. The third-order valence-electron chi connectivity index (χ3n) is 4.95. The smallest absolute Gasteiger partial charge is 0.325 e. The number of thioether (sulfide) groups is 1. The Labute approximate surface area is 166 Å². The van der Waals surface area contributed by atoms with Crippen LogP contribution in [0.4, 0.5) is 5.69 Å². The predicted octanol–water partition coefficient (Wildman–Crippen LogP) is 3.59. The van der Waals surface area contributed by atoms with Crippen molar-refractivity contribution in [3.05, 3.63) is 65.9 Å². The van der Waals surface area contributed by atoms with Crippen LogP contribution in [0.1, 0.15) is 22.0 Å². The quantitative estimate of drug-likeness (QED) is 0.615. The van der Waals surface area contributed by atoms with Crippen LogP contribution in [0.2, 0.25) is 0 Å². The molecule has 1 aliphatic heterocycles. The SMILES string of the molecule is O=C(Nc1ccc2[nH]cc([C@@H](C(=O)O)N3CCSCC3)c2c1)c1ccccc1. The lowest BCUT2D eigenvalue weighted by atomic mass is 10.0. The highest BCUT2D eigenvalue weighted by Crippen LogP contribution is 2.32. The molecule has 7 heteroatoms. The second-order valence-corrected chi connectivity index (χ2v) is 7.94. The van der Waals surface area contributed by atoms with E-state index in [0.29, 0.717) is 11.3 Å². The number of hydrogen-bond acceptors (Lipinski definition) is 4. The van der Waals surface area contributed by atoms with Crippen molar-refractivity contribution in [1.82, 2.24) is 9.88 Å². The standard InChI is InChI=1S/C21H21N3O3S/c25-20(14-4-2-1-3-5-14)23-15-6-7-18-16(12-15)17(13-22-18)19(21(26)27)24-8-10-28-11-9-24/h1-7,12-13,19,22H,8-11H2,(H,23,25)(H,26,27)/t19-/m0/s1. The fourth-order valence-electron chi connectivity index (χ4n) is 3.56. The Bertz CT molecular complexity index is 997. The summed E-state index contributed by atoms with van der Waals surface area (Å²) >= 11 is 1.85. The summed E-state index contributed by atoms with van der Waals surface area (Å²) in [6, 6.07) is 13.8. The van der Waals surface area contributed by atoms with E-state index in [4.69, 9.17) is 0 Å². The molecule has 0 spiro atoms. The van der Waals surface area contributed by atoms with Crippen LogP contribution >= 0.6 is 11.8 Å². The number of carbonyl (C=O) groups excluding carboxylic acids is 1. The molecule has 0 saturated carbocycles. The Hall–Kier alpha value is -2.77. The lowest BCUT2D eigenvalue weighted by Crippen LogP contribution is -2.39. The summed E-state index contributed by atoms with van der Waals surface area (Å²) in [6.45, 7) is 1.50. The van der Waals surface area contributed by atoms with Crippen molar-refractivity contribution < 1.29 is 14.7 Å². The van der Waals surface area contributed by atoms with Gasteiger partial charge in [-0.25, -0.2) is 0 Å². The zero-order valence-electron chi connectivity index (χ0n) is 15.2. The van der Waals surface area contributed by atoms with Crippen LogP contribution in [-0.2, 0) is 4.79 Å². The van der Waals surface area contributed by atoms with E-state index in [2.05, 4.69) is 10.3 Å². The number of H-pyrrole nitrogens is 1. The third-order valence-corrected chi connectivity index (χ3v) is 5.89. The number of carboxylic acids is 1. The van der Waals surface area contributed by atoms with Gasteiger partial charge in [-0.3, -0.25) is 14.5 Å². The van der Waals surface area contributed by atoms with Crippen LogP contribution in [-0.4, -0.2) is 51.5 Å². The average Bonchev–Trinajstić information content (AvgIpc) is 3.12. The first kappa shape index (κ1) is 18.6. The lowest BCUT2D eigenvalue weighted by molar-refractivity contribution is -0.143. The van der Waals surface area contributed by atoms with Gasteiger partial charge in [-0.15, -0.1) is 0 Å². The molecule has 1 saturated heterocycles. The molecule has 144 valence electrons. The highest BCUT2D eigenvalue weighted by atomic mass is 32.2. The topological polar surface area (TPSA) is 85.4 Å². The van der Waals surface area contributed by atoms with E-state index in [1.165, 1.54) is 0 Å². The molecule has 1 aliphatic rings. The number of carbonyl (C=O) groups is 2. The van der Waals surface area contributed by atoms with E-state index in [1.807, 2.05) is 53.1 Å². The maximum absolute atomic E-state index is 12.4. The van der Waals surface area contributed by atoms with Crippen molar-refractivity contribution in [3.8, 4) is 0 Å². The Morgan fingerprint density at radius 3 is 2.57 bits per heavy atom. The van der Waals surface area contributed by atoms with Crippen LogP contribution in [0.15, 0.2) is 54.7 Å². The summed E-state index contributed by atoms with van der Waals surface area (Å²) in [5.74, 6) is 0.820. The van der Waals surface area contributed by atoms with Gasteiger partial charge in [-0.05, 0) is 30.3 Å². The van der Waals surface area contributed by atoms with Crippen molar-refractivity contribution >= 4 is 40.2 Å². The van der Waals surface area contributed by atoms with Crippen molar-refractivity contribution in [2.75, 3.05) is 29.9 Å². The van der Waals surface area contributed by atoms with Gasteiger partial charge in [0.2, 0.25) is 0 Å². The molecule has 4 rings (SSSR count). The molecule has 1 fully saturated rings. The molecule has 2 aromatic carbocycles. The molecule has 0 bridgehead atoms. The van der Waals surface area contributed by atoms with Crippen LogP contribution < -0.4 is 5.32 Å². The maximum atomic E-state index is 12.4. The normalized spacial score (nSPS) is 16.0. The molecule has 6 nitrogen and oxygen atoms in total. The number of aromatic nitrogens is 1. The minimum Gasteiger partial charge on any atom is -0.480 e. The number of nitrogens with one attached hydrogen (secondary N) is 2. The number of fused-ring (bicyclic) bond motifs is 1. The molecule has 0 radical (unpaired) electrons. The van der Waals surface area contributed by atoms with E-state index >= 15 is 0 Å². The second kappa shape index (κ2) is 8.08. The number of hydrogen-bond donors (Lipinski definition) is 3. The average molecular weight is 395 g/mol. The first-order valence-corrected chi connectivity index (χ1v) is 10.3. The molecule has 28 heavy (non-hydrogen) atoms. The lowest BCUT2D eigenvalue weighted by Gasteiger charge is -2.31. The van der Waals surface area contributed by atoms with Crippen LogP contribution in [0, 0.1) is 0 Å². The van der Waals surface area contributed by atoms with Crippen molar-refractivity contribution in [3.63, 3.8) is 0 Å². The Morgan fingerprint density at radius 1 is 1.11 bits per heavy atom. The van der Waals surface area contributed by atoms with Gasteiger partial charge in [0.05, 0.1) is 0 Å². The highest BCUT2D eigenvalue weighted by Gasteiger charge is 2.30. The maximum Gasteiger partial charge on any atom is 0.325 e. The summed E-state index contributed by atoms with van der Waals surface area (Å²) in [4.78, 5) is 29.7. The van der Waals surface area contributed by atoms with E-state index in [1.54, 1.807) is 18.3 Å². The van der Waals surface area contributed by atoms with E-state index in [-0.39, 0.29) is 5.91 Å². The first-order valence-electron chi connectivity index (χ1n) is 9.15. The van der Waals surface area contributed by atoms with Crippen LogP contribution in [0.3, 0.4) is 0 Å². The van der Waals surface area contributed by atoms with E-state index in [0.717, 1.165) is 41.1 Å². The Balaban J connectivity index is 1.65. The molecule has 1 aromatic heterocycles. The minimum absolute atomic E-state index is 0.195. The number of aliphatic carboxylic acids is 1. The van der Waals surface area contributed by atoms with Crippen molar-refractivity contribution in [1.29, 1.82) is 0 Å². The second-order valence-electron chi connectivity index (χ2n) is 6.71. The van der Waals surface area contributed by atoms with Crippen molar-refractivity contribution in [2.24, 2.45) is 0 Å². The van der Waals surface area contributed by atoms with Gasteiger partial charge in [0.1, 0.15) is 6.04 Å². The summed E-state index contributed by atoms with van der Waals surface area (Å²) < 4.78 is 0. The molecule has 1 atom stereocenters. The Kier molecular flexibility index (Phi) is 5.36. The van der Waals surface area contributed by atoms with Gasteiger partial charge in [-0.1, -0.05) is 18.2 Å². The van der Waals surface area contributed by atoms with Crippen LogP contribution in [0.25, 0.3) is 10.9 Å². The van der Waals surface area contributed by atoms with Gasteiger partial charge in [0.15, 0.2) is 0 Å². The van der Waals surface area contributed by atoms with Crippen LogP contribution in [0.5, 0.6) is 0 Å². The molecule has 0 aliphatic carbocycles. The fraction of sp³-hybridized carbons (Fsp3) is 0.238. The monoisotopic (exact) mass is 395 g/mol. The zero-order chi connectivity index (χ0) is 19.5. The van der Waals surface area contributed by atoms with Gasteiger partial charge in [0.25, 0.3) is 5.91 Å². The molecule has 1 amide bonds. The Morgan fingerprint density at radius 2 is 1.86 bits per heavy atom. The highest BCUT2D eigenvalue weighted by molar-refractivity contribution is 7.99. The fourth-order valence-corrected chi connectivity index (χ4v) is 4.49. The van der Waals surface area contributed by atoms with Gasteiger partial charge < -0.3 is 15.4 Å². The summed E-state index contributed by atoms with van der Waals surface area (Å²) in [5.41, 5.74) is 2.79. The largest absolute Gasteiger partial charge is 0.480 e. The minimum atomic E-state index is -0.855. The number of carboxylic acid groups (broad SMARTS) is 1. The summed E-state index contributed by atoms with van der Waals surface area (Å²) in [6.07, 6.45) is 1.77. The van der Waals surface area contributed by atoms with E-state index < -0.39 is 12.0 Å². The molecule has 3 N–H and O–H groups in total. The number of benzene rings is 2. The van der Waals surface area contributed by atoms with Gasteiger partial charge >= 0.3 is 5.97 Å².